The van der Waals surface area contributed by atoms with Gasteiger partial charge in [-0.05, 0) is 58.5 Å². The molecule has 1 saturated carbocycles. The zero-order chi connectivity index (χ0) is 14.4. The van der Waals surface area contributed by atoms with Crippen molar-refractivity contribution >= 4 is 5.91 Å². The van der Waals surface area contributed by atoms with Crippen molar-refractivity contribution in [3.63, 3.8) is 0 Å². The number of rotatable bonds is 6. The Bertz CT molecular complexity index is 294. The Morgan fingerprint density at radius 2 is 1.85 bits per heavy atom. The highest BCUT2D eigenvalue weighted by Crippen LogP contribution is 2.18. The van der Waals surface area contributed by atoms with Crippen LogP contribution in [-0.2, 0) is 4.79 Å². The third-order valence-corrected chi connectivity index (χ3v) is 4.75. The lowest BCUT2D eigenvalue weighted by atomic mass is 9.97. The molecule has 20 heavy (non-hydrogen) atoms. The number of nitrogens with zero attached hydrogens (tertiary/aromatic N) is 1. The van der Waals surface area contributed by atoms with Gasteiger partial charge >= 0.3 is 0 Å². The first-order chi connectivity index (χ1) is 9.65. The highest BCUT2D eigenvalue weighted by atomic mass is 16.2. The normalized spacial score (nSPS) is 21.8. The summed E-state index contributed by atoms with van der Waals surface area (Å²) in [6.45, 7) is 8.29. The molecular formula is C16H31N3O. The van der Waals surface area contributed by atoms with Crippen LogP contribution in [0.1, 0.15) is 52.4 Å². The van der Waals surface area contributed by atoms with Crippen LogP contribution in [-0.4, -0.2) is 49.1 Å². The van der Waals surface area contributed by atoms with E-state index in [2.05, 4.69) is 29.4 Å². The Morgan fingerprint density at radius 1 is 1.20 bits per heavy atom. The maximum Gasteiger partial charge on any atom is 0.234 e. The number of amides is 1. The summed E-state index contributed by atoms with van der Waals surface area (Å²) in [5.41, 5.74) is 0. The Hall–Kier alpha value is -0.610. The van der Waals surface area contributed by atoms with Gasteiger partial charge in [-0.15, -0.1) is 0 Å². The lowest BCUT2D eigenvalue weighted by Gasteiger charge is -2.32. The fraction of sp³-hybridized carbons (Fsp3) is 0.938. The van der Waals surface area contributed by atoms with Crippen molar-refractivity contribution in [3.05, 3.63) is 0 Å². The molecule has 0 aromatic rings. The number of piperidine rings is 1. The van der Waals surface area contributed by atoms with Crippen molar-refractivity contribution in [2.75, 3.05) is 26.2 Å². The Labute approximate surface area is 123 Å². The predicted molar refractivity (Wildman–Crippen MR) is 82.7 cm³/mol. The molecule has 1 saturated heterocycles. The van der Waals surface area contributed by atoms with Crippen molar-refractivity contribution in [2.24, 2.45) is 5.92 Å². The lowest BCUT2D eigenvalue weighted by molar-refractivity contribution is -0.123. The summed E-state index contributed by atoms with van der Waals surface area (Å²) < 4.78 is 0. The predicted octanol–water partition coefficient (Wildman–Crippen LogP) is 1.76. The van der Waals surface area contributed by atoms with E-state index < -0.39 is 0 Å². The molecule has 2 aliphatic rings. The highest BCUT2D eigenvalue weighted by Gasteiger charge is 2.22. The maximum absolute atomic E-state index is 12.2. The minimum Gasteiger partial charge on any atom is -0.352 e. The first-order valence-corrected chi connectivity index (χ1v) is 8.39. The fourth-order valence-electron chi connectivity index (χ4n) is 3.38. The molecule has 0 radical (unpaired) electrons. The molecule has 1 amide bonds. The quantitative estimate of drug-likeness (QED) is 0.780. The van der Waals surface area contributed by atoms with Crippen LogP contribution in [0.3, 0.4) is 0 Å². The van der Waals surface area contributed by atoms with E-state index in [1.54, 1.807) is 0 Å². The molecule has 4 heteroatoms. The van der Waals surface area contributed by atoms with Gasteiger partial charge in [-0.25, -0.2) is 0 Å². The molecule has 0 atom stereocenters. The fourth-order valence-corrected chi connectivity index (χ4v) is 3.38. The average molecular weight is 281 g/mol. The van der Waals surface area contributed by atoms with Crippen molar-refractivity contribution < 1.29 is 4.79 Å². The van der Waals surface area contributed by atoms with Crippen molar-refractivity contribution in [1.29, 1.82) is 0 Å². The number of nitrogens with one attached hydrogen (secondary N) is 2. The van der Waals surface area contributed by atoms with Crippen molar-refractivity contribution in [1.82, 2.24) is 15.5 Å². The van der Waals surface area contributed by atoms with Gasteiger partial charge in [0.05, 0.1) is 6.54 Å². The first-order valence-electron chi connectivity index (χ1n) is 8.39. The molecule has 1 aliphatic heterocycles. The SMILES string of the molecule is CC(C)N(CC(=O)NC1CCCC1)CC1CCNCC1. The maximum atomic E-state index is 12.2. The van der Waals surface area contributed by atoms with Gasteiger partial charge in [0.15, 0.2) is 0 Å². The molecule has 0 aromatic heterocycles. The Kier molecular flexibility index (Phi) is 6.30. The van der Waals surface area contributed by atoms with E-state index in [1.165, 1.54) is 38.5 Å². The molecule has 116 valence electrons. The van der Waals surface area contributed by atoms with Crippen LogP contribution in [0.25, 0.3) is 0 Å². The topological polar surface area (TPSA) is 44.4 Å². The molecule has 0 unspecified atom stereocenters. The van der Waals surface area contributed by atoms with E-state index in [0.29, 0.717) is 18.6 Å². The highest BCUT2D eigenvalue weighted by molar-refractivity contribution is 5.78. The van der Waals surface area contributed by atoms with Gasteiger partial charge in [0.1, 0.15) is 0 Å². The molecule has 4 nitrogen and oxygen atoms in total. The van der Waals surface area contributed by atoms with Crippen LogP contribution in [0.2, 0.25) is 0 Å². The van der Waals surface area contributed by atoms with Gasteiger partial charge in [-0.2, -0.15) is 0 Å². The van der Waals surface area contributed by atoms with Gasteiger partial charge in [0, 0.05) is 18.6 Å². The summed E-state index contributed by atoms with van der Waals surface area (Å²) in [5, 5.41) is 6.62. The summed E-state index contributed by atoms with van der Waals surface area (Å²) in [6.07, 6.45) is 7.37. The number of hydrogen-bond donors (Lipinski definition) is 2. The minimum atomic E-state index is 0.222. The average Bonchev–Trinajstić information content (AvgIpc) is 2.92. The summed E-state index contributed by atoms with van der Waals surface area (Å²) in [6, 6.07) is 0.884. The third-order valence-electron chi connectivity index (χ3n) is 4.75. The minimum absolute atomic E-state index is 0.222. The van der Waals surface area contributed by atoms with Crippen molar-refractivity contribution in [2.45, 2.75) is 64.5 Å². The van der Waals surface area contributed by atoms with E-state index in [9.17, 15) is 4.79 Å². The summed E-state index contributed by atoms with van der Waals surface area (Å²) in [7, 11) is 0. The first kappa shape index (κ1) is 15.8. The molecule has 0 spiro atoms. The number of hydrogen-bond acceptors (Lipinski definition) is 3. The van der Waals surface area contributed by atoms with Gasteiger partial charge in [0.2, 0.25) is 5.91 Å². The monoisotopic (exact) mass is 281 g/mol. The van der Waals surface area contributed by atoms with E-state index >= 15 is 0 Å². The van der Waals surface area contributed by atoms with Crippen LogP contribution in [0.15, 0.2) is 0 Å². The molecule has 0 aromatic carbocycles. The van der Waals surface area contributed by atoms with Gasteiger partial charge in [-0.1, -0.05) is 12.8 Å². The molecular weight excluding hydrogens is 250 g/mol. The summed E-state index contributed by atoms with van der Waals surface area (Å²) >= 11 is 0. The molecule has 1 heterocycles. The number of carbonyl (C=O) groups is 1. The molecule has 0 bridgehead atoms. The van der Waals surface area contributed by atoms with E-state index in [-0.39, 0.29) is 5.91 Å². The molecule has 2 fully saturated rings. The number of carbonyl (C=O) groups excluding carboxylic acids is 1. The van der Waals surface area contributed by atoms with Crippen LogP contribution in [0, 0.1) is 5.92 Å². The van der Waals surface area contributed by atoms with Crippen LogP contribution in [0.5, 0.6) is 0 Å². The van der Waals surface area contributed by atoms with E-state index in [1.807, 2.05) is 0 Å². The van der Waals surface area contributed by atoms with Crippen molar-refractivity contribution in [3.8, 4) is 0 Å². The Balaban J connectivity index is 1.76. The van der Waals surface area contributed by atoms with Crippen LogP contribution < -0.4 is 10.6 Å². The third kappa shape index (κ3) is 5.06. The zero-order valence-electron chi connectivity index (χ0n) is 13.2. The zero-order valence-corrected chi connectivity index (χ0v) is 13.2. The lowest BCUT2D eigenvalue weighted by Crippen LogP contribution is -2.46. The van der Waals surface area contributed by atoms with E-state index in [0.717, 1.165) is 25.6 Å². The van der Waals surface area contributed by atoms with E-state index in [4.69, 9.17) is 0 Å². The largest absolute Gasteiger partial charge is 0.352 e. The molecule has 2 N–H and O–H groups in total. The molecule has 2 rings (SSSR count). The standard InChI is InChI=1S/C16H31N3O/c1-13(2)19(11-14-7-9-17-10-8-14)12-16(20)18-15-5-3-4-6-15/h13-15,17H,3-12H2,1-2H3,(H,18,20). The Morgan fingerprint density at radius 3 is 2.45 bits per heavy atom. The van der Waals surface area contributed by atoms with Gasteiger partial charge < -0.3 is 10.6 Å². The second-order valence-corrected chi connectivity index (χ2v) is 6.77. The van der Waals surface area contributed by atoms with Crippen LogP contribution >= 0.6 is 0 Å². The summed E-state index contributed by atoms with van der Waals surface area (Å²) in [5.74, 6) is 0.970. The van der Waals surface area contributed by atoms with Crippen LogP contribution in [0.4, 0.5) is 0 Å². The smallest absolute Gasteiger partial charge is 0.234 e. The second kappa shape index (κ2) is 7.99. The second-order valence-electron chi connectivity index (χ2n) is 6.77. The van der Waals surface area contributed by atoms with Gasteiger partial charge in [0.25, 0.3) is 0 Å². The summed E-state index contributed by atoms with van der Waals surface area (Å²) in [4.78, 5) is 14.5. The molecule has 1 aliphatic carbocycles. The van der Waals surface area contributed by atoms with Gasteiger partial charge in [-0.3, -0.25) is 9.69 Å².